The summed E-state index contributed by atoms with van der Waals surface area (Å²) in [5.41, 5.74) is 3.32. The van der Waals surface area contributed by atoms with Crippen LogP contribution in [0.2, 0.25) is 0 Å². The molecule has 31 heavy (non-hydrogen) atoms. The lowest BCUT2D eigenvalue weighted by Gasteiger charge is -2.15. The molecule has 0 unspecified atom stereocenters. The zero-order valence-electron chi connectivity index (χ0n) is 18.6. The summed E-state index contributed by atoms with van der Waals surface area (Å²) in [7, 11) is 1.59. The van der Waals surface area contributed by atoms with E-state index >= 15 is 0 Å². The monoisotopic (exact) mass is 422 g/mol. The van der Waals surface area contributed by atoms with E-state index in [0.29, 0.717) is 54.7 Å². The Bertz CT molecular complexity index is 946. The number of carbonyl (C=O) groups is 2. The molecule has 1 N–H and O–H groups in total. The summed E-state index contributed by atoms with van der Waals surface area (Å²) in [4.78, 5) is 27.7. The van der Waals surface area contributed by atoms with E-state index in [0.717, 1.165) is 5.69 Å². The van der Waals surface area contributed by atoms with Crippen LogP contribution >= 0.6 is 0 Å². The molecular weight excluding hydrogens is 392 g/mol. The fraction of sp³-hybridized carbons (Fsp3) is 0.360. The molecule has 0 radical (unpaired) electrons. The maximum atomic E-state index is 13.2. The number of imide groups is 1. The van der Waals surface area contributed by atoms with Crippen molar-refractivity contribution >= 4 is 23.1 Å². The summed E-state index contributed by atoms with van der Waals surface area (Å²) in [5.74, 6) is 0.486. The Kier molecular flexibility index (Phi) is 7.47. The molecule has 2 aromatic carbocycles. The predicted molar refractivity (Wildman–Crippen MR) is 122 cm³/mol. The lowest BCUT2D eigenvalue weighted by Crippen LogP contribution is -2.34. The summed E-state index contributed by atoms with van der Waals surface area (Å²) in [6, 6.07) is 15.1. The van der Waals surface area contributed by atoms with E-state index in [1.807, 2.05) is 31.2 Å². The fourth-order valence-electron chi connectivity index (χ4n) is 3.49. The van der Waals surface area contributed by atoms with Crippen molar-refractivity contribution < 1.29 is 19.1 Å². The maximum Gasteiger partial charge on any atom is 0.278 e. The number of nitrogens with zero attached hydrogens (tertiary/aromatic N) is 1. The van der Waals surface area contributed by atoms with Gasteiger partial charge in [-0.1, -0.05) is 38.1 Å². The first kappa shape index (κ1) is 22.6. The molecule has 0 saturated heterocycles. The third-order valence-corrected chi connectivity index (χ3v) is 5.27. The summed E-state index contributed by atoms with van der Waals surface area (Å²) in [6.45, 7) is 7.61. The lowest BCUT2D eigenvalue weighted by atomic mass is 10.0. The van der Waals surface area contributed by atoms with Gasteiger partial charge in [-0.25, -0.2) is 0 Å². The van der Waals surface area contributed by atoms with Gasteiger partial charge in [0.2, 0.25) is 0 Å². The lowest BCUT2D eigenvalue weighted by molar-refractivity contribution is -0.137. The topological polar surface area (TPSA) is 67.9 Å². The van der Waals surface area contributed by atoms with Crippen molar-refractivity contribution in [3.05, 3.63) is 65.4 Å². The average Bonchev–Trinajstić information content (AvgIpc) is 3.01. The Morgan fingerprint density at radius 1 is 0.968 bits per heavy atom. The van der Waals surface area contributed by atoms with Gasteiger partial charge in [0.1, 0.15) is 11.4 Å². The van der Waals surface area contributed by atoms with Gasteiger partial charge in [0.25, 0.3) is 11.8 Å². The second-order valence-electron chi connectivity index (χ2n) is 7.69. The molecule has 1 heterocycles. The SMILES string of the molecule is CCOCCCN1C(=O)C(Nc2ccc(C(C)C)cc2)=C(c2ccc(OC)cc2)C1=O. The third-order valence-electron chi connectivity index (χ3n) is 5.27. The van der Waals surface area contributed by atoms with Crippen LogP contribution in [0.3, 0.4) is 0 Å². The normalized spacial score (nSPS) is 14.0. The summed E-state index contributed by atoms with van der Waals surface area (Å²) >= 11 is 0. The Morgan fingerprint density at radius 2 is 1.65 bits per heavy atom. The minimum absolute atomic E-state index is 0.295. The number of ether oxygens (including phenoxy) is 2. The van der Waals surface area contributed by atoms with E-state index in [1.165, 1.54) is 10.5 Å². The quantitative estimate of drug-likeness (QED) is 0.453. The molecule has 0 spiro atoms. The summed E-state index contributed by atoms with van der Waals surface area (Å²) in [6.07, 6.45) is 0.595. The number of nitrogens with one attached hydrogen (secondary N) is 1. The highest BCUT2D eigenvalue weighted by Gasteiger charge is 2.38. The Morgan fingerprint density at radius 3 is 2.23 bits per heavy atom. The van der Waals surface area contributed by atoms with Gasteiger partial charge in [-0.3, -0.25) is 14.5 Å². The van der Waals surface area contributed by atoms with Crippen LogP contribution in [0.15, 0.2) is 54.2 Å². The molecule has 3 rings (SSSR count). The van der Waals surface area contributed by atoms with E-state index in [1.54, 1.807) is 31.4 Å². The second-order valence-corrected chi connectivity index (χ2v) is 7.69. The highest BCUT2D eigenvalue weighted by Crippen LogP contribution is 2.31. The molecule has 0 atom stereocenters. The van der Waals surface area contributed by atoms with Crippen LogP contribution in [-0.4, -0.2) is 43.6 Å². The highest BCUT2D eigenvalue weighted by atomic mass is 16.5. The molecule has 6 nitrogen and oxygen atoms in total. The third kappa shape index (κ3) is 5.14. The number of hydrogen-bond donors (Lipinski definition) is 1. The number of carbonyl (C=O) groups excluding carboxylic acids is 2. The largest absolute Gasteiger partial charge is 0.497 e. The van der Waals surface area contributed by atoms with Crippen molar-refractivity contribution in [3.8, 4) is 5.75 Å². The van der Waals surface area contributed by atoms with Gasteiger partial charge in [-0.05, 0) is 54.7 Å². The Labute approximate surface area is 183 Å². The molecule has 0 bridgehead atoms. The average molecular weight is 423 g/mol. The number of amides is 2. The van der Waals surface area contributed by atoms with E-state index in [2.05, 4.69) is 19.2 Å². The molecule has 0 aromatic heterocycles. The van der Waals surface area contributed by atoms with Crippen LogP contribution in [0.25, 0.3) is 5.57 Å². The number of anilines is 1. The van der Waals surface area contributed by atoms with Crippen molar-refractivity contribution in [3.63, 3.8) is 0 Å². The highest BCUT2D eigenvalue weighted by molar-refractivity contribution is 6.36. The van der Waals surface area contributed by atoms with Gasteiger partial charge in [-0.2, -0.15) is 0 Å². The zero-order valence-corrected chi connectivity index (χ0v) is 18.6. The second kappa shape index (κ2) is 10.3. The molecule has 0 fully saturated rings. The van der Waals surface area contributed by atoms with Crippen molar-refractivity contribution in [2.75, 3.05) is 32.2 Å². The first-order valence-electron chi connectivity index (χ1n) is 10.7. The standard InChI is InChI=1S/C25H30N2O4/c1-5-31-16-6-15-27-24(28)22(19-9-13-21(30-4)14-10-19)23(25(27)29)26-20-11-7-18(8-12-20)17(2)3/h7-14,17,26H,5-6,15-16H2,1-4H3. The van der Waals surface area contributed by atoms with Gasteiger partial charge in [0, 0.05) is 25.4 Å². The van der Waals surface area contributed by atoms with Crippen molar-refractivity contribution in [1.82, 2.24) is 4.90 Å². The van der Waals surface area contributed by atoms with Gasteiger partial charge in [0.05, 0.1) is 12.7 Å². The van der Waals surface area contributed by atoms with Crippen LogP contribution in [0.1, 0.15) is 44.2 Å². The number of hydrogen-bond acceptors (Lipinski definition) is 5. The van der Waals surface area contributed by atoms with Gasteiger partial charge >= 0.3 is 0 Å². The molecule has 1 aliphatic rings. The summed E-state index contributed by atoms with van der Waals surface area (Å²) < 4.78 is 10.6. The molecule has 0 aliphatic carbocycles. The van der Waals surface area contributed by atoms with Gasteiger partial charge in [-0.15, -0.1) is 0 Å². The number of methoxy groups -OCH3 is 1. The minimum atomic E-state index is -0.319. The molecule has 0 saturated carbocycles. The predicted octanol–water partition coefficient (Wildman–Crippen LogP) is 4.44. The maximum absolute atomic E-state index is 13.2. The van der Waals surface area contributed by atoms with Crippen LogP contribution < -0.4 is 10.1 Å². The minimum Gasteiger partial charge on any atom is -0.497 e. The van der Waals surface area contributed by atoms with Crippen LogP contribution in [0.4, 0.5) is 5.69 Å². The summed E-state index contributed by atoms with van der Waals surface area (Å²) in [5, 5.41) is 3.20. The molecule has 2 amide bonds. The first-order chi connectivity index (χ1) is 15.0. The van der Waals surface area contributed by atoms with E-state index in [9.17, 15) is 9.59 Å². The van der Waals surface area contributed by atoms with Gasteiger partial charge in [0.15, 0.2) is 0 Å². The molecular formula is C25H30N2O4. The molecule has 164 valence electrons. The zero-order chi connectivity index (χ0) is 22.4. The molecule has 6 heteroatoms. The van der Waals surface area contributed by atoms with E-state index in [4.69, 9.17) is 9.47 Å². The van der Waals surface area contributed by atoms with Crippen LogP contribution in [0.5, 0.6) is 5.75 Å². The van der Waals surface area contributed by atoms with Crippen molar-refractivity contribution in [2.24, 2.45) is 0 Å². The van der Waals surface area contributed by atoms with Gasteiger partial charge < -0.3 is 14.8 Å². The first-order valence-corrected chi connectivity index (χ1v) is 10.7. The molecule has 2 aromatic rings. The van der Waals surface area contributed by atoms with Crippen LogP contribution in [-0.2, 0) is 14.3 Å². The molecule has 1 aliphatic heterocycles. The fourth-order valence-corrected chi connectivity index (χ4v) is 3.49. The van der Waals surface area contributed by atoms with E-state index in [-0.39, 0.29) is 11.8 Å². The number of rotatable bonds is 10. The van der Waals surface area contributed by atoms with Crippen molar-refractivity contribution in [1.29, 1.82) is 0 Å². The van der Waals surface area contributed by atoms with Crippen LogP contribution in [0, 0.1) is 0 Å². The van der Waals surface area contributed by atoms with Crippen molar-refractivity contribution in [2.45, 2.75) is 33.1 Å². The number of benzene rings is 2. The smallest absolute Gasteiger partial charge is 0.278 e. The Balaban J connectivity index is 1.92. The Hall–Kier alpha value is -3.12. The van der Waals surface area contributed by atoms with E-state index < -0.39 is 0 Å².